The maximum Gasteiger partial charge on any atom is 0.258 e. The third-order valence-electron chi connectivity index (χ3n) is 9.64. The third kappa shape index (κ3) is 9.62. The third-order valence-corrected chi connectivity index (χ3v) is 11.3. The molecule has 0 bridgehead atoms. The van der Waals surface area contributed by atoms with Gasteiger partial charge in [0.1, 0.15) is 28.9 Å². The van der Waals surface area contributed by atoms with Gasteiger partial charge in [0.2, 0.25) is 11.9 Å². The number of benzene rings is 1. The van der Waals surface area contributed by atoms with E-state index in [4.69, 9.17) is 21.1 Å². The summed E-state index contributed by atoms with van der Waals surface area (Å²) in [4.78, 5) is 65.3. The smallest absolute Gasteiger partial charge is 0.258 e. The highest BCUT2D eigenvalue weighted by Crippen LogP contribution is 2.41. The molecule has 284 valence electrons. The van der Waals surface area contributed by atoms with Crippen LogP contribution in [-0.2, 0) is 19.1 Å². The highest BCUT2D eigenvalue weighted by Gasteiger charge is 2.53. The first-order chi connectivity index (χ1) is 24.9. The van der Waals surface area contributed by atoms with Crippen molar-refractivity contribution in [1.29, 1.82) is 0 Å². The number of piperazine rings is 1. The van der Waals surface area contributed by atoms with Gasteiger partial charge in [0, 0.05) is 62.4 Å². The number of anilines is 3. The lowest BCUT2D eigenvalue weighted by molar-refractivity contribution is -0.140. The van der Waals surface area contributed by atoms with E-state index in [-0.39, 0.29) is 24.7 Å². The van der Waals surface area contributed by atoms with Crippen LogP contribution in [0, 0.1) is 0 Å². The number of alkyl halides is 1. The fourth-order valence-electron chi connectivity index (χ4n) is 6.25. The van der Waals surface area contributed by atoms with Gasteiger partial charge < -0.3 is 40.0 Å². The average Bonchev–Trinajstić information content (AvgIpc) is 3.72. The number of ether oxygens (including phenoxy) is 2. The predicted molar refractivity (Wildman–Crippen MR) is 198 cm³/mol. The van der Waals surface area contributed by atoms with Gasteiger partial charge in [-0.15, -0.1) is 0 Å². The fraction of sp³-hybridized carbons (Fsp3) is 0.600. The molecule has 1 aliphatic carbocycles. The van der Waals surface area contributed by atoms with Gasteiger partial charge in [-0.05, 0) is 57.7 Å². The molecular weight excluding hydrogens is 715 g/mol. The number of nitrogens with zero attached hydrogens (tertiary/aromatic N) is 5. The van der Waals surface area contributed by atoms with Crippen molar-refractivity contribution in [3.05, 3.63) is 35.0 Å². The molecule has 1 saturated carbocycles. The normalized spacial score (nSPS) is 19.2. The number of rotatable bonds is 17. The molecule has 3 aliphatic rings. The molecule has 2 saturated heterocycles. The first-order valence-corrected chi connectivity index (χ1v) is 18.9. The summed E-state index contributed by atoms with van der Waals surface area (Å²) in [5.74, 6) is 0.628. The van der Waals surface area contributed by atoms with Gasteiger partial charge in [0.05, 0.1) is 38.2 Å². The molecule has 0 spiro atoms. The number of thioether (sulfide) groups is 1. The Morgan fingerprint density at radius 2 is 1.92 bits per heavy atom. The number of likely N-dealkylation sites (tertiary alicyclic amines) is 1. The van der Waals surface area contributed by atoms with Crippen molar-refractivity contribution in [2.24, 2.45) is 0 Å². The number of hydrogen-bond acceptors (Lipinski definition) is 12. The summed E-state index contributed by atoms with van der Waals surface area (Å²) >= 11 is 7.55. The highest BCUT2D eigenvalue weighted by molar-refractivity contribution is 8.00. The van der Waals surface area contributed by atoms with Gasteiger partial charge in [-0.25, -0.2) is 9.37 Å². The minimum absolute atomic E-state index is 0.0844. The van der Waals surface area contributed by atoms with Crippen LogP contribution in [-0.4, -0.2) is 144 Å². The van der Waals surface area contributed by atoms with Crippen LogP contribution < -0.4 is 20.7 Å². The number of amides is 3. The van der Waals surface area contributed by atoms with Crippen LogP contribution in [0.15, 0.2) is 24.4 Å². The molecule has 1 aromatic heterocycles. The van der Waals surface area contributed by atoms with Crippen molar-refractivity contribution in [2.45, 2.75) is 62.0 Å². The number of halogens is 2. The number of aldehydes is 1. The van der Waals surface area contributed by atoms with E-state index in [1.807, 2.05) is 18.7 Å². The van der Waals surface area contributed by atoms with Crippen molar-refractivity contribution in [1.82, 2.24) is 30.0 Å². The van der Waals surface area contributed by atoms with Gasteiger partial charge in [-0.1, -0.05) is 11.6 Å². The standard InChI is InChI=1S/C35H48ClFN8O6S/c1-34(2,28(41-32(49)35(37)9-10-35)31(48)45-11-5-6-24(45)22-46)52-19-18-51-17-16-43-12-14-44(15-13-43)30(47)23-7-8-26(27(20-23)50-4)40-33-39-21-25(36)29(38-3)42-33/h7-8,20-22,24,28H,5-6,9-19H2,1-4H3,(H,41,49)(H2,38,39,40,42). The molecule has 3 fully saturated rings. The molecule has 2 aliphatic heterocycles. The number of methoxy groups -OCH3 is 1. The average molecular weight is 763 g/mol. The van der Waals surface area contributed by atoms with Crippen LogP contribution in [0.1, 0.15) is 49.9 Å². The van der Waals surface area contributed by atoms with Crippen molar-refractivity contribution in [3.8, 4) is 5.75 Å². The summed E-state index contributed by atoms with van der Waals surface area (Å²) in [7, 11) is 3.25. The second kappa shape index (κ2) is 17.4. The molecule has 2 aromatic rings. The summed E-state index contributed by atoms with van der Waals surface area (Å²) < 4.78 is 25.3. The molecule has 3 N–H and O–H groups in total. The SMILES string of the molecule is CNc1nc(Nc2ccc(C(=O)N3CCN(CCOCCSC(C)(C)C(NC(=O)C4(F)CC4)C(=O)N4CCCC4C=O)CC3)cc2OC)ncc1Cl. The molecule has 17 heteroatoms. The molecule has 1 aromatic carbocycles. The van der Waals surface area contributed by atoms with E-state index in [2.05, 4.69) is 30.8 Å². The summed E-state index contributed by atoms with van der Waals surface area (Å²) in [6.07, 6.45) is 3.84. The number of carbonyl (C=O) groups is 4. The second-order valence-corrected chi connectivity index (χ2v) is 15.8. The summed E-state index contributed by atoms with van der Waals surface area (Å²) in [6.45, 7) is 8.28. The zero-order valence-electron chi connectivity index (χ0n) is 30.1. The lowest BCUT2D eigenvalue weighted by atomic mass is 10.0. The van der Waals surface area contributed by atoms with Crippen molar-refractivity contribution in [3.63, 3.8) is 0 Å². The Morgan fingerprint density at radius 1 is 1.17 bits per heavy atom. The lowest BCUT2D eigenvalue weighted by Crippen LogP contribution is -2.59. The summed E-state index contributed by atoms with van der Waals surface area (Å²) in [5.41, 5.74) is -0.801. The first-order valence-electron chi connectivity index (χ1n) is 17.5. The van der Waals surface area contributed by atoms with E-state index in [0.717, 1.165) is 6.29 Å². The van der Waals surface area contributed by atoms with E-state index < -0.39 is 28.4 Å². The molecule has 2 atom stereocenters. The highest BCUT2D eigenvalue weighted by atomic mass is 35.5. The predicted octanol–water partition coefficient (Wildman–Crippen LogP) is 3.39. The van der Waals surface area contributed by atoms with Crippen LogP contribution in [0.25, 0.3) is 0 Å². The van der Waals surface area contributed by atoms with Crippen LogP contribution >= 0.6 is 23.4 Å². The van der Waals surface area contributed by atoms with Gasteiger partial charge in [0.15, 0.2) is 5.67 Å². The van der Waals surface area contributed by atoms with Crippen molar-refractivity contribution >= 4 is 64.8 Å². The minimum Gasteiger partial charge on any atom is -0.495 e. The van der Waals surface area contributed by atoms with E-state index in [1.54, 1.807) is 25.2 Å². The summed E-state index contributed by atoms with van der Waals surface area (Å²) in [5, 5.41) is 9.10. The quantitative estimate of drug-likeness (QED) is 0.160. The number of aromatic nitrogens is 2. The molecule has 52 heavy (non-hydrogen) atoms. The maximum atomic E-state index is 14.6. The fourth-order valence-corrected chi connectivity index (χ4v) is 7.49. The number of nitrogens with one attached hydrogen (secondary N) is 3. The zero-order valence-corrected chi connectivity index (χ0v) is 31.7. The van der Waals surface area contributed by atoms with Gasteiger partial charge >= 0.3 is 0 Å². The Balaban J connectivity index is 1.04. The molecule has 5 rings (SSSR count). The van der Waals surface area contributed by atoms with E-state index in [1.165, 1.54) is 30.0 Å². The zero-order chi connectivity index (χ0) is 37.5. The van der Waals surface area contributed by atoms with Crippen LogP contribution in [0.4, 0.5) is 21.8 Å². The molecule has 14 nitrogen and oxygen atoms in total. The van der Waals surface area contributed by atoms with Crippen molar-refractivity contribution < 1.29 is 33.0 Å². The Hall–Kier alpha value is -3.73. The maximum absolute atomic E-state index is 14.6. The van der Waals surface area contributed by atoms with Gasteiger partial charge in [-0.2, -0.15) is 16.7 Å². The van der Waals surface area contributed by atoms with Gasteiger partial charge in [-0.3, -0.25) is 19.3 Å². The minimum atomic E-state index is -1.92. The Labute approximate surface area is 312 Å². The van der Waals surface area contributed by atoms with E-state index >= 15 is 0 Å². The summed E-state index contributed by atoms with van der Waals surface area (Å²) in [6, 6.07) is 3.69. The number of carbonyl (C=O) groups excluding carboxylic acids is 4. The monoisotopic (exact) mass is 762 g/mol. The van der Waals surface area contributed by atoms with Crippen molar-refractivity contribution in [2.75, 3.05) is 83.0 Å². The van der Waals surface area contributed by atoms with E-state index in [9.17, 15) is 23.6 Å². The Kier molecular flexibility index (Phi) is 13.2. The molecule has 0 radical (unpaired) electrons. The Bertz CT molecular complexity index is 1610. The largest absolute Gasteiger partial charge is 0.495 e. The Morgan fingerprint density at radius 3 is 2.60 bits per heavy atom. The van der Waals surface area contributed by atoms with E-state index in [0.29, 0.717) is 105 Å². The lowest BCUT2D eigenvalue weighted by Gasteiger charge is -2.37. The van der Waals surface area contributed by atoms with Crippen LogP contribution in [0.5, 0.6) is 5.75 Å². The number of hydrogen-bond donors (Lipinski definition) is 3. The molecule has 2 unspecified atom stereocenters. The topological polar surface area (TPSA) is 158 Å². The molecular formula is C35H48ClFN8O6S. The second-order valence-electron chi connectivity index (χ2n) is 13.6. The molecule has 3 heterocycles. The van der Waals surface area contributed by atoms with Crippen LogP contribution in [0.2, 0.25) is 5.02 Å². The van der Waals surface area contributed by atoms with Crippen LogP contribution in [0.3, 0.4) is 0 Å². The first kappa shape index (κ1) is 39.5. The van der Waals surface area contributed by atoms with Gasteiger partial charge in [0.25, 0.3) is 11.8 Å². The molecule has 3 amide bonds.